The van der Waals surface area contributed by atoms with E-state index in [1.165, 1.54) is 17.8 Å². The predicted molar refractivity (Wildman–Crippen MR) is 156 cm³/mol. The smallest absolute Gasteiger partial charge is 0.408 e. The Balaban J connectivity index is 1.20. The average molecular weight is 566 g/mol. The maximum Gasteiger partial charge on any atom is 0.408 e. The van der Waals surface area contributed by atoms with Gasteiger partial charge in [0.15, 0.2) is 5.82 Å². The molecule has 1 saturated heterocycles. The van der Waals surface area contributed by atoms with Crippen LogP contribution in [0.4, 0.5) is 10.6 Å². The monoisotopic (exact) mass is 565 g/mol. The summed E-state index contributed by atoms with van der Waals surface area (Å²) in [6.07, 6.45) is -0.352. The molecule has 1 atom stereocenters. The third-order valence-corrected chi connectivity index (χ3v) is 8.06. The molecule has 2 heterocycles. The molecule has 3 N–H and O–H groups in total. The lowest BCUT2D eigenvalue weighted by atomic mass is 9.97. The van der Waals surface area contributed by atoms with Gasteiger partial charge in [-0.05, 0) is 34.2 Å². The topological polar surface area (TPSA) is 126 Å². The van der Waals surface area contributed by atoms with Crippen molar-refractivity contribution in [3.8, 4) is 11.1 Å². The molecule has 1 unspecified atom stereocenters. The fourth-order valence-electron chi connectivity index (χ4n) is 6.00. The molecule has 0 spiro atoms. The number of hydrogen-bond acceptors (Lipinski definition) is 6. The van der Waals surface area contributed by atoms with Crippen LogP contribution >= 0.6 is 0 Å². The number of aromatic carboxylic acids is 1. The molecule has 2 aliphatic rings. The van der Waals surface area contributed by atoms with E-state index >= 15 is 0 Å². The fourth-order valence-corrected chi connectivity index (χ4v) is 6.00. The van der Waals surface area contributed by atoms with Gasteiger partial charge in [-0.2, -0.15) is 5.10 Å². The number of rotatable bonds is 8. The lowest BCUT2D eigenvalue weighted by Crippen LogP contribution is -2.58. The minimum Gasteiger partial charge on any atom is -0.477 e. The van der Waals surface area contributed by atoms with Crippen LogP contribution < -0.4 is 10.6 Å². The maximum atomic E-state index is 13.7. The first-order valence-corrected chi connectivity index (χ1v) is 13.8. The molecule has 2 amide bonds. The molecule has 6 rings (SSSR count). The standard InChI is InChI=1S/C32H31N5O5/c1-36-27(29(38)39)17-28(35-36)33-30(40)32(15-16-37(20-32)18-21-9-3-2-4-10-21)34-31(41)42-19-26-24-13-7-5-11-22(24)23-12-6-8-14-25(23)26/h2-14,17,26H,15-16,18-20H2,1H3,(H,34,41)(H,38,39)(H,33,35,40). The highest BCUT2D eigenvalue weighted by Gasteiger charge is 2.47. The maximum absolute atomic E-state index is 13.7. The average Bonchev–Trinajstić information content (AvgIpc) is 3.66. The number of aryl methyl sites for hydroxylation is 1. The van der Waals surface area contributed by atoms with E-state index in [0.29, 0.717) is 19.5 Å². The van der Waals surface area contributed by atoms with Crippen LogP contribution in [0.5, 0.6) is 0 Å². The molecule has 1 fully saturated rings. The number of fused-ring (bicyclic) bond motifs is 3. The number of hydrogen-bond donors (Lipinski definition) is 3. The zero-order valence-electron chi connectivity index (χ0n) is 23.1. The SMILES string of the molecule is Cn1nc(NC(=O)C2(NC(=O)OCC3c4ccccc4-c4ccccc43)CCN(Cc3ccccc3)C2)cc1C(=O)O. The zero-order valence-corrected chi connectivity index (χ0v) is 23.1. The molecule has 1 aromatic heterocycles. The lowest BCUT2D eigenvalue weighted by molar-refractivity contribution is -0.122. The summed E-state index contributed by atoms with van der Waals surface area (Å²) in [5, 5.41) is 19.1. The van der Waals surface area contributed by atoms with Gasteiger partial charge in [-0.15, -0.1) is 0 Å². The summed E-state index contributed by atoms with van der Waals surface area (Å²) in [5.41, 5.74) is 4.16. The van der Waals surface area contributed by atoms with Gasteiger partial charge in [0.1, 0.15) is 17.8 Å². The van der Waals surface area contributed by atoms with Crippen molar-refractivity contribution < 1.29 is 24.2 Å². The number of aromatic nitrogens is 2. The second kappa shape index (κ2) is 11.1. The van der Waals surface area contributed by atoms with Crippen LogP contribution in [-0.2, 0) is 23.1 Å². The number of amides is 2. The first-order chi connectivity index (χ1) is 20.3. The molecule has 0 saturated carbocycles. The summed E-state index contributed by atoms with van der Waals surface area (Å²) in [4.78, 5) is 40.6. The number of alkyl carbamates (subject to hydrolysis) is 1. The molecule has 1 aliphatic carbocycles. The number of likely N-dealkylation sites (tertiary alicyclic amines) is 1. The van der Waals surface area contributed by atoms with Crippen molar-refractivity contribution in [3.05, 3.63) is 107 Å². The van der Waals surface area contributed by atoms with Crippen LogP contribution in [-0.4, -0.2) is 63.0 Å². The number of ether oxygens (including phenoxy) is 1. The van der Waals surface area contributed by atoms with Crippen molar-refractivity contribution in [2.45, 2.75) is 24.4 Å². The van der Waals surface area contributed by atoms with E-state index in [0.717, 1.165) is 27.8 Å². The third kappa shape index (κ3) is 5.24. The van der Waals surface area contributed by atoms with Crippen LogP contribution in [0.2, 0.25) is 0 Å². The fraction of sp³-hybridized carbons (Fsp3) is 0.250. The van der Waals surface area contributed by atoms with Crippen molar-refractivity contribution in [1.82, 2.24) is 20.0 Å². The Hall–Kier alpha value is -4.96. The quantitative estimate of drug-likeness (QED) is 0.292. The molecule has 42 heavy (non-hydrogen) atoms. The summed E-state index contributed by atoms with van der Waals surface area (Å²) < 4.78 is 6.97. The van der Waals surface area contributed by atoms with Crippen LogP contribution in [0.25, 0.3) is 11.1 Å². The second-order valence-electron chi connectivity index (χ2n) is 10.8. The van der Waals surface area contributed by atoms with Crippen molar-refractivity contribution in [3.63, 3.8) is 0 Å². The summed E-state index contributed by atoms with van der Waals surface area (Å²) >= 11 is 0. The van der Waals surface area contributed by atoms with Gasteiger partial charge in [-0.25, -0.2) is 9.59 Å². The van der Waals surface area contributed by atoms with E-state index in [-0.39, 0.29) is 30.6 Å². The first kappa shape index (κ1) is 27.2. The zero-order chi connectivity index (χ0) is 29.3. The van der Waals surface area contributed by atoms with Crippen molar-refractivity contribution in [2.24, 2.45) is 7.05 Å². The van der Waals surface area contributed by atoms with Gasteiger partial charge < -0.3 is 20.5 Å². The summed E-state index contributed by atoms with van der Waals surface area (Å²) in [5.74, 6) is -1.67. The Labute approximate surface area is 242 Å². The highest BCUT2D eigenvalue weighted by atomic mass is 16.5. The van der Waals surface area contributed by atoms with E-state index in [4.69, 9.17) is 4.74 Å². The summed E-state index contributed by atoms with van der Waals surface area (Å²) in [6.45, 7) is 1.54. The number of anilines is 1. The molecule has 10 heteroatoms. The van der Waals surface area contributed by atoms with Crippen LogP contribution in [0, 0.1) is 0 Å². The number of carboxylic acid groups (broad SMARTS) is 1. The van der Waals surface area contributed by atoms with Crippen LogP contribution in [0.15, 0.2) is 84.9 Å². The normalized spacial score (nSPS) is 17.8. The Morgan fingerprint density at radius 3 is 2.26 bits per heavy atom. The van der Waals surface area contributed by atoms with E-state index in [1.54, 1.807) is 0 Å². The Morgan fingerprint density at radius 1 is 0.976 bits per heavy atom. The molecular weight excluding hydrogens is 534 g/mol. The van der Waals surface area contributed by atoms with Crippen molar-refractivity contribution in [2.75, 3.05) is 25.0 Å². The van der Waals surface area contributed by atoms with Gasteiger partial charge in [-0.3, -0.25) is 14.4 Å². The Bertz CT molecular complexity index is 1610. The molecule has 214 valence electrons. The molecule has 3 aromatic carbocycles. The van der Waals surface area contributed by atoms with E-state index in [1.807, 2.05) is 66.7 Å². The van der Waals surface area contributed by atoms with Gasteiger partial charge in [0, 0.05) is 38.7 Å². The Kier molecular flexibility index (Phi) is 7.22. The summed E-state index contributed by atoms with van der Waals surface area (Å²) in [6, 6.07) is 27.4. The molecule has 10 nitrogen and oxygen atoms in total. The summed E-state index contributed by atoms with van der Waals surface area (Å²) in [7, 11) is 1.49. The predicted octanol–water partition coefficient (Wildman–Crippen LogP) is 4.24. The van der Waals surface area contributed by atoms with Gasteiger partial charge in [0.05, 0.1) is 0 Å². The van der Waals surface area contributed by atoms with E-state index in [9.17, 15) is 19.5 Å². The number of carbonyl (C=O) groups is 3. The first-order valence-electron chi connectivity index (χ1n) is 13.8. The lowest BCUT2D eigenvalue weighted by Gasteiger charge is -2.29. The van der Waals surface area contributed by atoms with Gasteiger partial charge in [0.2, 0.25) is 0 Å². The molecule has 0 radical (unpaired) electrons. The number of carbonyl (C=O) groups excluding carboxylic acids is 2. The van der Waals surface area contributed by atoms with Gasteiger partial charge in [-0.1, -0.05) is 78.9 Å². The van der Waals surface area contributed by atoms with Crippen LogP contribution in [0.1, 0.15) is 39.5 Å². The highest BCUT2D eigenvalue weighted by molar-refractivity contribution is 6.00. The third-order valence-electron chi connectivity index (χ3n) is 8.06. The van der Waals surface area contributed by atoms with Gasteiger partial charge >= 0.3 is 12.1 Å². The number of benzene rings is 3. The number of nitrogens with one attached hydrogen (secondary N) is 2. The minimum atomic E-state index is -1.31. The van der Waals surface area contributed by atoms with Crippen LogP contribution in [0.3, 0.4) is 0 Å². The van der Waals surface area contributed by atoms with E-state index in [2.05, 4.69) is 32.8 Å². The minimum absolute atomic E-state index is 0.0685. The molecule has 0 bridgehead atoms. The largest absolute Gasteiger partial charge is 0.477 e. The van der Waals surface area contributed by atoms with Crippen molar-refractivity contribution in [1.29, 1.82) is 0 Å². The van der Waals surface area contributed by atoms with Gasteiger partial charge in [0.25, 0.3) is 5.91 Å². The highest BCUT2D eigenvalue weighted by Crippen LogP contribution is 2.44. The molecular formula is C32H31N5O5. The Morgan fingerprint density at radius 2 is 1.62 bits per heavy atom. The second-order valence-corrected chi connectivity index (χ2v) is 10.8. The van der Waals surface area contributed by atoms with Crippen molar-refractivity contribution >= 4 is 23.8 Å². The number of carboxylic acids is 1. The molecule has 1 aliphatic heterocycles. The molecule has 4 aromatic rings. The number of nitrogens with zero attached hydrogens (tertiary/aromatic N) is 3. The van der Waals surface area contributed by atoms with E-state index < -0.39 is 23.5 Å².